The van der Waals surface area contributed by atoms with Crippen LogP contribution in [-0.2, 0) is 13.0 Å². The SMILES string of the molecule is CN1CCc2c(sc(/N=C/c3ccccc3)c2C(=O)Nc2ccc(Cl)cc2)C1. The number of likely N-dealkylation sites (N-methyl/N-ethyl adjacent to an activating group) is 1. The summed E-state index contributed by atoms with van der Waals surface area (Å²) < 4.78 is 0. The largest absolute Gasteiger partial charge is 0.322 e. The van der Waals surface area contributed by atoms with E-state index in [0.29, 0.717) is 10.6 Å². The van der Waals surface area contributed by atoms with Gasteiger partial charge < -0.3 is 10.2 Å². The van der Waals surface area contributed by atoms with E-state index in [2.05, 4.69) is 22.3 Å². The minimum atomic E-state index is -0.121. The fourth-order valence-corrected chi connectivity index (χ4v) is 4.64. The lowest BCUT2D eigenvalue weighted by Gasteiger charge is -2.22. The highest BCUT2D eigenvalue weighted by Crippen LogP contribution is 2.39. The monoisotopic (exact) mass is 409 g/mol. The number of carbonyl (C=O) groups excluding carboxylic acids is 1. The lowest BCUT2D eigenvalue weighted by Crippen LogP contribution is -2.26. The van der Waals surface area contributed by atoms with Gasteiger partial charge in [0.25, 0.3) is 5.91 Å². The molecule has 0 spiro atoms. The summed E-state index contributed by atoms with van der Waals surface area (Å²) in [5, 5.41) is 4.39. The molecule has 0 fully saturated rings. The molecule has 0 unspecified atom stereocenters. The van der Waals surface area contributed by atoms with Crippen molar-refractivity contribution >= 4 is 45.7 Å². The molecular weight excluding hydrogens is 390 g/mol. The maximum Gasteiger partial charge on any atom is 0.259 e. The van der Waals surface area contributed by atoms with Crippen molar-refractivity contribution in [2.75, 3.05) is 18.9 Å². The van der Waals surface area contributed by atoms with Crippen LogP contribution < -0.4 is 5.32 Å². The maximum absolute atomic E-state index is 13.1. The first-order chi connectivity index (χ1) is 13.6. The van der Waals surface area contributed by atoms with Gasteiger partial charge in [0.05, 0.1) is 5.56 Å². The highest BCUT2D eigenvalue weighted by molar-refractivity contribution is 7.16. The van der Waals surface area contributed by atoms with Gasteiger partial charge >= 0.3 is 0 Å². The average molecular weight is 410 g/mol. The number of halogens is 1. The van der Waals surface area contributed by atoms with Gasteiger partial charge in [0.15, 0.2) is 0 Å². The molecule has 0 saturated carbocycles. The summed E-state index contributed by atoms with van der Waals surface area (Å²) in [6.45, 7) is 1.79. The molecule has 3 aromatic rings. The number of nitrogens with one attached hydrogen (secondary N) is 1. The number of thiophene rings is 1. The van der Waals surface area contributed by atoms with Crippen molar-refractivity contribution in [3.8, 4) is 0 Å². The van der Waals surface area contributed by atoms with Crippen molar-refractivity contribution in [1.82, 2.24) is 4.90 Å². The standard InChI is InChI=1S/C22H20ClN3OS/c1-26-12-11-18-19(14-26)28-22(24-13-15-5-3-2-4-6-15)20(18)21(27)25-17-9-7-16(23)8-10-17/h2-10,13H,11-12,14H2,1H3,(H,25,27)/b24-13+. The van der Waals surface area contributed by atoms with E-state index in [9.17, 15) is 4.79 Å². The van der Waals surface area contributed by atoms with Crippen molar-refractivity contribution in [3.05, 3.63) is 81.2 Å². The average Bonchev–Trinajstić information content (AvgIpc) is 3.06. The summed E-state index contributed by atoms with van der Waals surface area (Å²) in [4.78, 5) is 21.3. The summed E-state index contributed by atoms with van der Waals surface area (Å²) in [5.41, 5.74) is 3.54. The predicted molar refractivity (Wildman–Crippen MR) is 117 cm³/mol. The molecule has 2 heterocycles. The number of nitrogens with zero attached hydrogens (tertiary/aromatic N) is 2. The third kappa shape index (κ3) is 4.17. The molecule has 2 aromatic carbocycles. The Labute approximate surface area is 173 Å². The van der Waals surface area contributed by atoms with Crippen LogP contribution in [-0.4, -0.2) is 30.6 Å². The fraction of sp³-hybridized carbons (Fsp3) is 0.182. The summed E-state index contributed by atoms with van der Waals surface area (Å²) in [5.74, 6) is -0.121. The Bertz CT molecular complexity index is 1010. The molecule has 1 N–H and O–H groups in total. The lowest BCUT2D eigenvalue weighted by atomic mass is 10.0. The van der Waals surface area contributed by atoms with Crippen LogP contribution >= 0.6 is 22.9 Å². The van der Waals surface area contributed by atoms with Crippen LogP contribution in [0.1, 0.15) is 26.4 Å². The van der Waals surface area contributed by atoms with Gasteiger partial charge in [-0.1, -0.05) is 41.9 Å². The summed E-state index contributed by atoms with van der Waals surface area (Å²) >= 11 is 7.55. The van der Waals surface area contributed by atoms with Gasteiger partial charge in [0, 0.05) is 34.9 Å². The zero-order valence-electron chi connectivity index (χ0n) is 15.5. The number of fused-ring (bicyclic) bond motifs is 1. The number of benzene rings is 2. The van der Waals surface area contributed by atoms with Gasteiger partial charge in [0.1, 0.15) is 5.00 Å². The number of aliphatic imine (C=N–C) groups is 1. The summed E-state index contributed by atoms with van der Waals surface area (Å²) in [6, 6.07) is 17.1. The highest BCUT2D eigenvalue weighted by Gasteiger charge is 2.26. The van der Waals surface area contributed by atoms with Crippen LogP contribution in [0.5, 0.6) is 0 Å². The summed E-state index contributed by atoms with van der Waals surface area (Å²) in [6.07, 6.45) is 2.67. The third-order valence-corrected chi connectivity index (χ3v) is 6.07. The number of hydrogen-bond donors (Lipinski definition) is 1. The Balaban J connectivity index is 1.68. The second-order valence-corrected chi connectivity index (χ2v) is 8.32. The molecule has 0 aliphatic carbocycles. The van der Waals surface area contributed by atoms with E-state index >= 15 is 0 Å². The first-order valence-electron chi connectivity index (χ1n) is 9.09. The minimum absolute atomic E-state index is 0.121. The molecule has 0 atom stereocenters. The fourth-order valence-electron chi connectivity index (χ4n) is 3.24. The van der Waals surface area contributed by atoms with Gasteiger partial charge in [0.2, 0.25) is 0 Å². The van der Waals surface area contributed by atoms with Crippen molar-refractivity contribution in [1.29, 1.82) is 0 Å². The summed E-state index contributed by atoms with van der Waals surface area (Å²) in [7, 11) is 2.10. The van der Waals surface area contributed by atoms with Gasteiger partial charge in [-0.15, -0.1) is 11.3 Å². The van der Waals surface area contributed by atoms with Crippen molar-refractivity contribution in [3.63, 3.8) is 0 Å². The molecule has 0 saturated heterocycles. The van der Waals surface area contributed by atoms with Crippen LogP contribution in [0.4, 0.5) is 10.7 Å². The lowest BCUT2D eigenvalue weighted by molar-refractivity contribution is 0.102. The molecule has 1 amide bonds. The van der Waals surface area contributed by atoms with E-state index < -0.39 is 0 Å². The van der Waals surface area contributed by atoms with E-state index in [1.807, 2.05) is 36.5 Å². The number of hydrogen-bond acceptors (Lipinski definition) is 4. The minimum Gasteiger partial charge on any atom is -0.322 e. The maximum atomic E-state index is 13.1. The Morgan fingerprint density at radius 2 is 1.93 bits per heavy atom. The molecule has 0 radical (unpaired) electrons. The molecule has 1 aliphatic heterocycles. The van der Waals surface area contributed by atoms with Gasteiger partial charge in [-0.05, 0) is 48.9 Å². The highest BCUT2D eigenvalue weighted by atomic mass is 35.5. The van der Waals surface area contributed by atoms with Crippen LogP contribution in [0.15, 0.2) is 59.6 Å². The molecule has 28 heavy (non-hydrogen) atoms. The van der Waals surface area contributed by atoms with E-state index in [0.717, 1.165) is 41.3 Å². The Hall–Kier alpha value is -2.47. The van der Waals surface area contributed by atoms with Crippen molar-refractivity contribution < 1.29 is 4.79 Å². The van der Waals surface area contributed by atoms with Gasteiger partial charge in [-0.3, -0.25) is 4.79 Å². The Morgan fingerprint density at radius 3 is 2.68 bits per heavy atom. The molecule has 4 nitrogen and oxygen atoms in total. The molecule has 1 aliphatic rings. The zero-order valence-corrected chi connectivity index (χ0v) is 17.1. The number of rotatable bonds is 4. The normalized spacial score (nSPS) is 14.2. The van der Waals surface area contributed by atoms with Crippen LogP contribution in [0, 0.1) is 0 Å². The Kier molecular flexibility index (Phi) is 5.57. The van der Waals surface area contributed by atoms with Crippen LogP contribution in [0.2, 0.25) is 5.02 Å². The van der Waals surface area contributed by atoms with Crippen molar-refractivity contribution in [2.45, 2.75) is 13.0 Å². The van der Waals surface area contributed by atoms with E-state index in [-0.39, 0.29) is 5.91 Å². The van der Waals surface area contributed by atoms with Crippen LogP contribution in [0.3, 0.4) is 0 Å². The smallest absolute Gasteiger partial charge is 0.259 e. The van der Waals surface area contributed by atoms with Gasteiger partial charge in [-0.2, -0.15) is 0 Å². The zero-order chi connectivity index (χ0) is 19.5. The predicted octanol–water partition coefficient (Wildman–Crippen LogP) is 5.39. The van der Waals surface area contributed by atoms with Gasteiger partial charge in [-0.25, -0.2) is 4.99 Å². The van der Waals surface area contributed by atoms with E-state index in [1.165, 1.54) is 4.88 Å². The van der Waals surface area contributed by atoms with Crippen molar-refractivity contribution in [2.24, 2.45) is 4.99 Å². The molecule has 0 bridgehead atoms. The molecule has 6 heteroatoms. The van der Waals surface area contributed by atoms with Crippen LogP contribution in [0.25, 0.3) is 0 Å². The number of amides is 1. The molecular formula is C22H20ClN3OS. The second-order valence-electron chi connectivity index (χ2n) is 6.80. The first-order valence-corrected chi connectivity index (χ1v) is 10.3. The topological polar surface area (TPSA) is 44.7 Å². The Morgan fingerprint density at radius 1 is 1.18 bits per heavy atom. The van der Waals surface area contributed by atoms with E-state index in [4.69, 9.17) is 11.6 Å². The number of carbonyl (C=O) groups is 1. The van der Waals surface area contributed by atoms with E-state index in [1.54, 1.807) is 35.6 Å². The second kappa shape index (κ2) is 8.27. The molecule has 142 valence electrons. The quantitative estimate of drug-likeness (QED) is 0.587. The first kappa shape index (κ1) is 18.9. The molecule has 4 rings (SSSR count). The third-order valence-electron chi connectivity index (χ3n) is 4.69. The number of anilines is 1. The molecule has 1 aromatic heterocycles.